The molecule has 2 aromatic rings. The van der Waals surface area contributed by atoms with Crippen LogP contribution in [0.3, 0.4) is 0 Å². The molecule has 5 nitrogen and oxygen atoms in total. The molecule has 25 heavy (non-hydrogen) atoms. The molecule has 0 aliphatic rings. The molecule has 2 rings (SSSR count). The molecule has 0 aliphatic carbocycles. The van der Waals surface area contributed by atoms with Crippen LogP contribution in [0.2, 0.25) is 0 Å². The average Bonchev–Trinajstić information content (AvgIpc) is 2.61. The van der Waals surface area contributed by atoms with E-state index in [0.717, 1.165) is 17.5 Å². The second-order valence-electron chi connectivity index (χ2n) is 5.75. The SMILES string of the molecule is CCCOC(=O)c1ccc(NC(=O)COc2cccc(C)c2C)cc1. The van der Waals surface area contributed by atoms with Gasteiger partial charge in [0, 0.05) is 5.69 Å². The Balaban J connectivity index is 1.88. The maximum atomic E-state index is 12.0. The minimum Gasteiger partial charge on any atom is -0.483 e. The number of esters is 1. The van der Waals surface area contributed by atoms with Gasteiger partial charge in [0.2, 0.25) is 0 Å². The van der Waals surface area contributed by atoms with Gasteiger partial charge in [-0.1, -0.05) is 19.1 Å². The van der Waals surface area contributed by atoms with Gasteiger partial charge in [0.05, 0.1) is 12.2 Å². The van der Waals surface area contributed by atoms with E-state index in [1.54, 1.807) is 24.3 Å². The molecular weight excluding hydrogens is 318 g/mol. The summed E-state index contributed by atoms with van der Waals surface area (Å²) >= 11 is 0. The fourth-order valence-corrected chi connectivity index (χ4v) is 2.19. The van der Waals surface area contributed by atoms with Crippen LogP contribution in [0.1, 0.15) is 34.8 Å². The molecule has 0 fully saturated rings. The highest BCUT2D eigenvalue weighted by Crippen LogP contribution is 2.20. The molecular formula is C20H23NO4. The van der Waals surface area contributed by atoms with Crippen LogP contribution in [0.4, 0.5) is 5.69 Å². The van der Waals surface area contributed by atoms with Crippen molar-refractivity contribution in [3.63, 3.8) is 0 Å². The van der Waals surface area contributed by atoms with Crippen molar-refractivity contribution >= 4 is 17.6 Å². The van der Waals surface area contributed by atoms with Gasteiger partial charge in [-0.3, -0.25) is 4.79 Å². The van der Waals surface area contributed by atoms with E-state index in [-0.39, 0.29) is 18.5 Å². The molecule has 0 radical (unpaired) electrons. The Kier molecular flexibility index (Phi) is 6.57. The van der Waals surface area contributed by atoms with Gasteiger partial charge in [-0.25, -0.2) is 4.79 Å². The molecule has 1 amide bonds. The second kappa shape index (κ2) is 8.87. The Morgan fingerprint density at radius 1 is 1.04 bits per heavy atom. The normalized spacial score (nSPS) is 10.2. The highest BCUT2D eigenvalue weighted by molar-refractivity contribution is 5.93. The molecule has 0 heterocycles. The van der Waals surface area contributed by atoms with Gasteiger partial charge >= 0.3 is 5.97 Å². The van der Waals surface area contributed by atoms with Crippen molar-refractivity contribution in [3.8, 4) is 5.75 Å². The lowest BCUT2D eigenvalue weighted by molar-refractivity contribution is -0.118. The maximum Gasteiger partial charge on any atom is 0.338 e. The van der Waals surface area contributed by atoms with E-state index in [0.29, 0.717) is 23.6 Å². The third-order valence-corrected chi connectivity index (χ3v) is 3.76. The zero-order valence-corrected chi connectivity index (χ0v) is 14.8. The lowest BCUT2D eigenvalue weighted by atomic mass is 10.1. The molecule has 0 aliphatic heterocycles. The topological polar surface area (TPSA) is 64.6 Å². The predicted octanol–water partition coefficient (Wildman–Crippen LogP) is 3.89. The lowest BCUT2D eigenvalue weighted by Crippen LogP contribution is -2.20. The highest BCUT2D eigenvalue weighted by atomic mass is 16.5. The first kappa shape index (κ1) is 18.5. The molecule has 0 spiro atoms. The van der Waals surface area contributed by atoms with Crippen LogP contribution in [0.15, 0.2) is 42.5 Å². The fourth-order valence-electron chi connectivity index (χ4n) is 2.19. The van der Waals surface area contributed by atoms with E-state index in [1.807, 2.05) is 39.0 Å². The second-order valence-corrected chi connectivity index (χ2v) is 5.75. The number of carbonyl (C=O) groups excluding carboxylic acids is 2. The van der Waals surface area contributed by atoms with Crippen LogP contribution < -0.4 is 10.1 Å². The number of carbonyl (C=O) groups is 2. The van der Waals surface area contributed by atoms with E-state index in [1.165, 1.54) is 0 Å². The Hall–Kier alpha value is -2.82. The predicted molar refractivity (Wildman–Crippen MR) is 97.1 cm³/mol. The van der Waals surface area contributed by atoms with Crippen molar-refractivity contribution in [1.29, 1.82) is 0 Å². The monoisotopic (exact) mass is 341 g/mol. The van der Waals surface area contributed by atoms with Crippen molar-refractivity contribution < 1.29 is 19.1 Å². The molecule has 0 saturated heterocycles. The third kappa shape index (κ3) is 5.35. The van der Waals surface area contributed by atoms with Crippen molar-refractivity contribution in [2.45, 2.75) is 27.2 Å². The fraction of sp³-hybridized carbons (Fsp3) is 0.300. The number of aryl methyl sites for hydroxylation is 1. The average molecular weight is 341 g/mol. The number of anilines is 1. The number of benzene rings is 2. The van der Waals surface area contributed by atoms with Crippen LogP contribution in [-0.4, -0.2) is 25.1 Å². The Labute approximate surface area is 148 Å². The molecule has 0 aromatic heterocycles. The van der Waals surface area contributed by atoms with E-state index in [2.05, 4.69) is 5.32 Å². The molecule has 2 aromatic carbocycles. The van der Waals surface area contributed by atoms with E-state index >= 15 is 0 Å². The largest absolute Gasteiger partial charge is 0.483 e. The molecule has 0 atom stereocenters. The number of nitrogens with one attached hydrogen (secondary N) is 1. The Bertz CT molecular complexity index is 738. The van der Waals surface area contributed by atoms with Gasteiger partial charge in [-0.05, 0) is 61.7 Å². The minimum atomic E-state index is -0.363. The van der Waals surface area contributed by atoms with Gasteiger partial charge in [-0.2, -0.15) is 0 Å². The van der Waals surface area contributed by atoms with Crippen molar-refractivity contribution in [2.75, 3.05) is 18.5 Å². The van der Waals surface area contributed by atoms with Gasteiger partial charge in [0.15, 0.2) is 6.61 Å². The van der Waals surface area contributed by atoms with Gasteiger partial charge < -0.3 is 14.8 Å². The van der Waals surface area contributed by atoms with Crippen molar-refractivity contribution in [3.05, 3.63) is 59.2 Å². The molecule has 0 unspecified atom stereocenters. The maximum absolute atomic E-state index is 12.0. The van der Waals surface area contributed by atoms with E-state index in [4.69, 9.17) is 9.47 Å². The summed E-state index contributed by atoms with van der Waals surface area (Å²) in [6.45, 7) is 6.21. The van der Waals surface area contributed by atoms with Crippen LogP contribution in [0.25, 0.3) is 0 Å². The Morgan fingerprint density at radius 2 is 1.76 bits per heavy atom. The summed E-state index contributed by atoms with van der Waals surface area (Å²) in [6, 6.07) is 12.3. The molecule has 132 valence electrons. The number of ether oxygens (including phenoxy) is 2. The zero-order valence-electron chi connectivity index (χ0n) is 14.8. The standard InChI is InChI=1S/C20H23NO4/c1-4-12-24-20(23)16-8-10-17(11-9-16)21-19(22)13-25-18-7-5-6-14(2)15(18)3/h5-11H,4,12-13H2,1-3H3,(H,21,22). The summed E-state index contributed by atoms with van der Waals surface area (Å²) in [4.78, 5) is 23.7. The smallest absolute Gasteiger partial charge is 0.338 e. The highest BCUT2D eigenvalue weighted by Gasteiger charge is 2.09. The quantitative estimate of drug-likeness (QED) is 0.776. The van der Waals surface area contributed by atoms with Crippen LogP contribution in [0.5, 0.6) is 5.75 Å². The number of rotatable bonds is 7. The van der Waals surface area contributed by atoms with E-state index in [9.17, 15) is 9.59 Å². The zero-order chi connectivity index (χ0) is 18.2. The van der Waals surface area contributed by atoms with Gasteiger partial charge in [0.25, 0.3) is 5.91 Å². The molecule has 0 saturated carbocycles. The minimum absolute atomic E-state index is 0.0788. The summed E-state index contributed by atoms with van der Waals surface area (Å²) in [5, 5.41) is 2.74. The third-order valence-electron chi connectivity index (χ3n) is 3.76. The first-order chi connectivity index (χ1) is 12.0. The molecule has 1 N–H and O–H groups in total. The summed E-state index contributed by atoms with van der Waals surface area (Å²) in [6.07, 6.45) is 0.778. The summed E-state index contributed by atoms with van der Waals surface area (Å²) in [5.41, 5.74) is 3.19. The Morgan fingerprint density at radius 3 is 2.44 bits per heavy atom. The number of hydrogen-bond acceptors (Lipinski definition) is 4. The van der Waals surface area contributed by atoms with Crippen LogP contribution in [-0.2, 0) is 9.53 Å². The lowest BCUT2D eigenvalue weighted by Gasteiger charge is -2.11. The van der Waals surface area contributed by atoms with Crippen LogP contribution >= 0.6 is 0 Å². The molecule has 0 bridgehead atoms. The van der Waals surface area contributed by atoms with Gasteiger partial charge in [0.1, 0.15) is 5.75 Å². The van der Waals surface area contributed by atoms with Crippen molar-refractivity contribution in [1.82, 2.24) is 0 Å². The first-order valence-electron chi connectivity index (χ1n) is 8.27. The summed E-state index contributed by atoms with van der Waals surface area (Å²) < 4.78 is 10.6. The van der Waals surface area contributed by atoms with Gasteiger partial charge in [-0.15, -0.1) is 0 Å². The van der Waals surface area contributed by atoms with Crippen LogP contribution in [0, 0.1) is 13.8 Å². The van der Waals surface area contributed by atoms with E-state index < -0.39 is 0 Å². The number of hydrogen-bond donors (Lipinski definition) is 1. The number of amides is 1. The summed E-state index contributed by atoms with van der Waals surface area (Å²) in [5.74, 6) is 0.0735. The molecule has 5 heteroatoms. The summed E-state index contributed by atoms with van der Waals surface area (Å²) in [7, 11) is 0. The van der Waals surface area contributed by atoms with Crippen molar-refractivity contribution in [2.24, 2.45) is 0 Å². The first-order valence-corrected chi connectivity index (χ1v) is 8.27.